The van der Waals surface area contributed by atoms with Gasteiger partial charge >= 0.3 is 5.97 Å². The number of aliphatic hydroxyl groups is 2. The van der Waals surface area contributed by atoms with Crippen molar-refractivity contribution in [3.8, 4) is 0 Å². The molecule has 0 saturated heterocycles. The molecule has 0 aliphatic heterocycles. The lowest BCUT2D eigenvalue weighted by Crippen LogP contribution is -2.45. The van der Waals surface area contributed by atoms with Crippen molar-refractivity contribution in [2.75, 3.05) is 13.2 Å². The fourth-order valence-corrected chi connectivity index (χ4v) is 12.7. The van der Waals surface area contributed by atoms with Gasteiger partial charge in [-0.25, -0.2) is 0 Å². The second kappa shape index (κ2) is 75.8. The van der Waals surface area contributed by atoms with E-state index in [1.807, 2.05) is 6.08 Å². The van der Waals surface area contributed by atoms with Gasteiger partial charge in [0, 0.05) is 12.8 Å². The highest BCUT2D eigenvalue weighted by Crippen LogP contribution is 2.20. The Morgan fingerprint density at radius 3 is 0.826 bits per heavy atom. The minimum absolute atomic E-state index is 0.0236. The zero-order chi connectivity index (χ0) is 62.0. The average molecular weight is 1210 g/mol. The number of nitrogens with one attached hydrogen (secondary N) is 1. The van der Waals surface area contributed by atoms with Crippen LogP contribution in [0.2, 0.25) is 0 Å². The Morgan fingerprint density at radius 2 is 0.547 bits per heavy atom. The van der Waals surface area contributed by atoms with E-state index in [0.717, 1.165) is 38.5 Å². The molecule has 0 fully saturated rings. The van der Waals surface area contributed by atoms with E-state index < -0.39 is 12.1 Å². The van der Waals surface area contributed by atoms with Crippen LogP contribution in [0.15, 0.2) is 24.3 Å². The van der Waals surface area contributed by atoms with Crippen LogP contribution >= 0.6 is 0 Å². The predicted octanol–water partition coefficient (Wildman–Crippen LogP) is 26.0. The van der Waals surface area contributed by atoms with Crippen LogP contribution in [0.4, 0.5) is 0 Å². The Labute approximate surface area is 539 Å². The van der Waals surface area contributed by atoms with E-state index in [-0.39, 0.29) is 18.5 Å². The van der Waals surface area contributed by atoms with Crippen molar-refractivity contribution in [1.82, 2.24) is 5.32 Å². The van der Waals surface area contributed by atoms with Crippen LogP contribution in [0.5, 0.6) is 0 Å². The van der Waals surface area contributed by atoms with Crippen LogP contribution in [0.1, 0.15) is 450 Å². The first kappa shape index (κ1) is 84.3. The standard InChI is InChI=1S/C80H155NO5/c1-3-5-7-9-11-13-15-17-18-19-39-42-45-49-52-56-60-64-68-72-78(83)77(76-82)81-79(84)73-69-65-61-57-53-50-46-43-40-37-35-33-31-29-27-25-23-21-20-22-24-26-28-30-32-34-36-38-41-44-47-51-55-59-63-67-71-75-86-80(85)74-70-66-62-58-54-48-16-14-12-10-8-6-4-2/h20,22,68,72,77-78,82-83H,3-19,21,23-67,69-71,73-76H2,1-2H3,(H,81,84)/b22-20-,72-68+. The molecule has 2 unspecified atom stereocenters. The van der Waals surface area contributed by atoms with Gasteiger partial charge < -0.3 is 20.3 Å². The summed E-state index contributed by atoms with van der Waals surface area (Å²) in [5.74, 6) is -0.0360. The maximum absolute atomic E-state index is 12.5. The van der Waals surface area contributed by atoms with Gasteiger partial charge in [0.2, 0.25) is 5.91 Å². The van der Waals surface area contributed by atoms with E-state index in [1.165, 1.54) is 385 Å². The van der Waals surface area contributed by atoms with Crippen molar-refractivity contribution in [3.05, 3.63) is 24.3 Å². The molecule has 6 heteroatoms. The first-order chi connectivity index (χ1) is 42.5. The number of hydrogen-bond acceptors (Lipinski definition) is 5. The summed E-state index contributed by atoms with van der Waals surface area (Å²) in [5, 5.41) is 23.3. The molecule has 2 atom stereocenters. The van der Waals surface area contributed by atoms with Crippen molar-refractivity contribution in [2.45, 2.75) is 463 Å². The quantitative estimate of drug-likeness (QED) is 0.0320. The minimum Gasteiger partial charge on any atom is -0.466 e. The van der Waals surface area contributed by atoms with Gasteiger partial charge in [-0.1, -0.05) is 404 Å². The van der Waals surface area contributed by atoms with Crippen molar-refractivity contribution in [1.29, 1.82) is 0 Å². The third-order valence-corrected chi connectivity index (χ3v) is 18.7. The highest BCUT2D eigenvalue weighted by atomic mass is 16.5. The van der Waals surface area contributed by atoms with Gasteiger partial charge in [0.1, 0.15) is 0 Å². The summed E-state index contributed by atoms with van der Waals surface area (Å²) in [6.07, 6.45) is 97.4. The number of aliphatic hydroxyl groups excluding tert-OH is 2. The van der Waals surface area contributed by atoms with Gasteiger partial charge in [0.05, 0.1) is 25.4 Å². The van der Waals surface area contributed by atoms with Gasteiger partial charge in [-0.15, -0.1) is 0 Å². The molecule has 6 nitrogen and oxygen atoms in total. The largest absolute Gasteiger partial charge is 0.466 e. The van der Waals surface area contributed by atoms with Crippen LogP contribution in [0, 0.1) is 0 Å². The maximum atomic E-state index is 12.5. The number of carbonyl (C=O) groups is 2. The Hall–Kier alpha value is -1.66. The summed E-state index contributed by atoms with van der Waals surface area (Å²) >= 11 is 0. The molecule has 86 heavy (non-hydrogen) atoms. The molecule has 0 rings (SSSR count). The summed E-state index contributed by atoms with van der Waals surface area (Å²) in [4.78, 5) is 24.6. The van der Waals surface area contributed by atoms with Crippen molar-refractivity contribution in [3.63, 3.8) is 0 Å². The van der Waals surface area contributed by atoms with Crippen molar-refractivity contribution >= 4 is 11.9 Å². The molecular formula is C80H155NO5. The van der Waals surface area contributed by atoms with Gasteiger partial charge in [0.25, 0.3) is 0 Å². The van der Waals surface area contributed by atoms with Crippen LogP contribution in [-0.4, -0.2) is 47.4 Å². The van der Waals surface area contributed by atoms with Crippen molar-refractivity contribution in [2.24, 2.45) is 0 Å². The Bertz CT molecular complexity index is 1350. The van der Waals surface area contributed by atoms with Gasteiger partial charge in [-0.2, -0.15) is 0 Å². The fourth-order valence-electron chi connectivity index (χ4n) is 12.7. The predicted molar refractivity (Wildman–Crippen MR) is 380 cm³/mol. The SMILES string of the molecule is CCCCCCCCCCCCCCCCCCC/C=C/C(O)C(CO)NC(=O)CCCCCCCCCCCCCCCCCCC/C=C\CCCCCCCCCCCCCCCCCCOC(=O)CCCCCCCCCCCCCCC. The van der Waals surface area contributed by atoms with Gasteiger partial charge in [-0.3, -0.25) is 9.59 Å². The summed E-state index contributed by atoms with van der Waals surface area (Å²) in [7, 11) is 0. The summed E-state index contributed by atoms with van der Waals surface area (Å²) in [6, 6.07) is -0.625. The third-order valence-electron chi connectivity index (χ3n) is 18.7. The van der Waals surface area contributed by atoms with E-state index in [1.54, 1.807) is 6.08 Å². The zero-order valence-electron chi connectivity index (χ0n) is 58.6. The number of carbonyl (C=O) groups excluding carboxylic acids is 2. The van der Waals surface area contributed by atoms with Crippen LogP contribution < -0.4 is 5.32 Å². The van der Waals surface area contributed by atoms with Crippen LogP contribution in [-0.2, 0) is 14.3 Å². The van der Waals surface area contributed by atoms with E-state index in [0.29, 0.717) is 19.4 Å². The first-order valence-corrected chi connectivity index (χ1v) is 39.6. The summed E-state index contributed by atoms with van der Waals surface area (Å²) in [6.45, 7) is 4.96. The first-order valence-electron chi connectivity index (χ1n) is 39.6. The molecule has 0 saturated carbocycles. The molecule has 0 bridgehead atoms. The molecule has 0 spiro atoms. The number of ether oxygens (including phenoxy) is 1. The minimum atomic E-state index is -0.842. The second-order valence-electron chi connectivity index (χ2n) is 27.4. The lowest BCUT2D eigenvalue weighted by atomic mass is 10.0. The van der Waals surface area contributed by atoms with E-state index >= 15 is 0 Å². The lowest BCUT2D eigenvalue weighted by Gasteiger charge is -2.20. The summed E-state index contributed by atoms with van der Waals surface area (Å²) in [5.41, 5.74) is 0. The molecular weight excluding hydrogens is 1050 g/mol. The third kappa shape index (κ3) is 71.4. The fraction of sp³-hybridized carbons (Fsp3) is 0.925. The molecule has 0 aliphatic rings. The van der Waals surface area contributed by atoms with Crippen LogP contribution in [0.25, 0.3) is 0 Å². The molecule has 0 aliphatic carbocycles. The smallest absolute Gasteiger partial charge is 0.305 e. The second-order valence-corrected chi connectivity index (χ2v) is 27.4. The highest BCUT2D eigenvalue weighted by Gasteiger charge is 2.18. The molecule has 1 amide bonds. The topological polar surface area (TPSA) is 95.9 Å². The van der Waals surface area contributed by atoms with Crippen molar-refractivity contribution < 1.29 is 24.5 Å². The summed E-state index contributed by atoms with van der Waals surface area (Å²) < 4.78 is 5.50. The zero-order valence-corrected chi connectivity index (χ0v) is 58.6. The van der Waals surface area contributed by atoms with Gasteiger partial charge in [-0.05, 0) is 57.8 Å². The lowest BCUT2D eigenvalue weighted by molar-refractivity contribution is -0.143. The van der Waals surface area contributed by atoms with Gasteiger partial charge in [0.15, 0.2) is 0 Å². The number of amides is 1. The van der Waals surface area contributed by atoms with E-state index in [2.05, 4.69) is 31.3 Å². The van der Waals surface area contributed by atoms with E-state index in [9.17, 15) is 19.8 Å². The Kier molecular flexibility index (Phi) is 74.3. The molecule has 510 valence electrons. The molecule has 0 aromatic heterocycles. The molecule has 0 heterocycles. The Morgan fingerprint density at radius 1 is 0.314 bits per heavy atom. The van der Waals surface area contributed by atoms with E-state index in [4.69, 9.17) is 4.74 Å². The number of hydrogen-bond donors (Lipinski definition) is 3. The number of esters is 1. The molecule has 0 aromatic rings. The normalized spacial score (nSPS) is 12.6. The molecule has 0 aromatic carbocycles. The molecule has 3 N–H and O–H groups in total. The number of unbranched alkanes of at least 4 members (excludes halogenated alkanes) is 62. The Balaban J connectivity index is 3.34. The average Bonchev–Trinajstić information content (AvgIpc) is 3.56. The molecule has 0 radical (unpaired) electrons. The number of rotatable bonds is 75. The highest BCUT2D eigenvalue weighted by molar-refractivity contribution is 5.76. The van der Waals surface area contributed by atoms with Crippen LogP contribution in [0.3, 0.4) is 0 Å². The number of allylic oxidation sites excluding steroid dienone is 3. The maximum Gasteiger partial charge on any atom is 0.305 e. The monoisotopic (exact) mass is 1210 g/mol.